The summed E-state index contributed by atoms with van der Waals surface area (Å²) in [5.41, 5.74) is 19.6. The van der Waals surface area contributed by atoms with Gasteiger partial charge in [-0.2, -0.15) is 5.10 Å². The summed E-state index contributed by atoms with van der Waals surface area (Å²) in [5.74, 6) is -0.808. The van der Waals surface area contributed by atoms with Gasteiger partial charge in [0.15, 0.2) is 5.82 Å². The first-order chi connectivity index (χ1) is 14.4. The van der Waals surface area contributed by atoms with E-state index in [1.807, 2.05) is 0 Å². The number of rotatable bonds is 4. The van der Waals surface area contributed by atoms with Crippen LogP contribution in [0.15, 0.2) is 54.6 Å². The zero-order valence-corrected chi connectivity index (χ0v) is 15.7. The Balaban J connectivity index is 1.75. The molecule has 0 aliphatic carbocycles. The number of urea groups is 1. The highest BCUT2D eigenvalue weighted by Gasteiger charge is 2.18. The van der Waals surface area contributed by atoms with Crippen molar-refractivity contribution in [1.29, 1.82) is 0 Å². The van der Waals surface area contributed by atoms with Gasteiger partial charge in [0.25, 0.3) is 0 Å². The molecule has 0 aliphatic rings. The molecule has 0 aliphatic heterocycles. The van der Waals surface area contributed by atoms with Gasteiger partial charge in [0, 0.05) is 12.1 Å². The van der Waals surface area contributed by atoms with Gasteiger partial charge < -0.3 is 17.2 Å². The zero-order chi connectivity index (χ0) is 21.4. The predicted molar refractivity (Wildman–Crippen MR) is 112 cm³/mol. The quantitative estimate of drug-likeness (QED) is 0.410. The highest BCUT2D eigenvalue weighted by Crippen LogP contribution is 2.34. The van der Waals surface area contributed by atoms with Crippen LogP contribution in [0.4, 0.5) is 30.8 Å². The second-order valence-electron chi connectivity index (χ2n) is 6.65. The minimum atomic E-state index is -0.772. The number of H-pyrrole nitrogens is 1. The van der Waals surface area contributed by atoms with Crippen LogP contribution in [-0.4, -0.2) is 16.2 Å². The number of aromatic amines is 1. The number of hydrogen-bond acceptors (Lipinski definition) is 4. The number of carbonyl (C=O) groups is 1. The Labute approximate surface area is 170 Å². The SMILES string of the molecule is NCc1ccc(N(C(N)=O)c2ccc(-c3ccc(F)c4[nH]nc(N)c34)cc2)cc1F. The number of nitrogens with one attached hydrogen (secondary N) is 1. The van der Waals surface area contributed by atoms with Crippen molar-refractivity contribution in [2.75, 3.05) is 10.6 Å². The minimum Gasteiger partial charge on any atom is -0.382 e. The van der Waals surface area contributed by atoms with Crippen molar-refractivity contribution in [3.05, 3.63) is 71.8 Å². The molecule has 4 aromatic rings. The van der Waals surface area contributed by atoms with Crippen LogP contribution in [0.5, 0.6) is 0 Å². The molecule has 1 aromatic heterocycles. The summed E-state index contributed by atoms with van der Waals surface area (Å²) >= 11 is 0. The van der Waals surface area contributed by atoms with E-state index in [0.717, 1.165) is 5.56 Å². The van der Waals surface area contributed by atoms with Gasteiger partial charge in [0.2, 0.25) is 0 Å². The first kappa shape index (κ1) is 19.3. The second-order valence-corrected chi connectivity index (χ2v) is 6.65. The molecule has 9 heteroatoms. The van der Waals surface area contributed by atoms with Gasteiger partial charge >= 0.3 is 6.03 Å². The number of aromatic nitrogens is 2. The van der Waals surface area contributed by atoms with Crippen molar-refractivity contribution in [3.63, 3.8) is 0 Å². The lowest BCUT2D eigenvalue weighted by molar-refractivity contribution is 0.256. The number of halogens is 2. The molecular formula is C21H18F2N6O. The maximum Gasteiger partial charge on any atom is 0.323 e. The molecular weight excluding hydrogens is 390 g/mol. The number of anilines is 3. The Morgan fingerprint density at radius 2 is 1.70 bits per heavy atom. The van der Waals surface area contributed by atoms with Crippen molar-refractivity contribution in [2.45, 2.75) is 6.54 Å². The number of fused-ring (bicyclic) bond motifs is 1. The van der Waals surface area contributed by atoms with Crippen LogP contribution < -0.4 is 22.1 Å². The van der Waals surface area contributed by atoms with Gasteiger partial charge in [-0.1, -0.05) is 24.3 Å². The van der Waals surface area contributed by atoms with E-state index in [1.165, 1.54) is 23.1 Å². The lowest BCUT2D eigenvalue weighted by Crippen LogP contribution is -2.31. The van der Waals surface area contributed by atoms with Crippen molar-refractivity contribution in [2.24, 2.45) is 11.5 Å². The number of benzene rings is 3. The third-order valence-electron chi connectivity index (χ3n) is 4.87. The summed E-state index contributed by atoms with van der Waals surface area (Å²) in [7, 11) is 0. The van der Waals surface area contributed by atoms with Crippen molar-refractivity contribution in [1.82, 2.24) is 10.2 Å². The molecule has 0 bridgehead atoms. The van der Waals surface area contributed by atoms with E-state index < -0.39 is 17.7 Å². The molecule has 0 spiro atoms. The Hall–Kier alpha value is -3.98. The molecule has 0 saturated heterocycles. The molecule has 0 atom stereocenters. The Morgan fingerprint density at radius 3 is 2.33 bits per heavy atom. The number of primary amides is 1. The zero-order valence-electron chi connectivity index (χ0n) is 15.7. The average molecular weight is 408 g/mol. The van der Waals surface area contributed by atoms with Crippen LogP contribution in [0.25, 0.3) is 22.0 Å². The normalized spacial score (nSPS) is 11.0. The molecule has 4 rings (SSSR count). The molecule has 2 amide bonds. The van der Waals surface area contributed by atoms with Crippen molar-refractivity contribution < 1.29 is 13.6 Å². The van der Waals surface area contributed by atoms with E-state index in [1.54, 1.807) is 36.4 Å². The van der Waals surface area contributed by atoms with Gasteiger partial charge in [0.1, 0.15) is 17.2 Å². The highest BCUT2D eigenvalue weighted by atomic mass is 19.1. The number of nitrogens with two attached hydrogens (primary N) is 3. The Morgan fingerprint density at radius 1 is 1.00 bits per heavy atom. The molecule has 0 radical (unpaired) electrons. The average Bonchev–Trinajstić information content (AvgIpc) is 3.12. The van der Waals surface area contributed by atoms with Gasteiger partial charge in [-0.05, 0) is 41.5 Å². The first-order valence-electron chi connectivity index (χ1n) is 9.01. The van der Waals surface area contributed by atoms with Crippen LogP contribution in [-0.2, 0) is 6.54 Å². The number of carbonyl (C=O) groups excluding carboxylic acids is 1. The van der Waals surface area contributed by atoms with E-state index in [0.29, 0.717) is 22.2 Å². The van der Waals surface area contributed by atoms with E-state index in [9.17, 15) is 13.6 Å². The Bertz CT molecular complexity index is 1250. The molecule has 30 heavy (non-hydrogen) atoms. The third-order valence-corrected chi connectivity index (χ3v) is 4.87. The van der Waals surface area contributed by atoms with Crippen LogP contribution >= 0.6 is 0 Å². The number of nitrogen functional groups attached to an aromatic ring is 1. The van der Waals surface area contributed by atoms with Crippen LogP contribution in [0.1, 0.15) is 5.56 Å². The second kappa shape index (κ2) is 7.45. The maximum absolute atomic E-state index is 14.2. The lowest BCUT2D eigenvalue weighted by atomic mass is 10.0. The van der Waals surface area contributed by atoms with Crippen LogP contribution in [0, 0.1) is 11.6 Å². The summed E-state index contributed by atoms with van der Waals surface area (Å²) in [6.07, 6.45) is 0. The summed E-state index contributed by atoms with van der Waals surface area (Å²) < 4.78 is 28.2. The number of amides is 2. The fourth-order valence-corrected chi connectivity index (χ4v) is 3.40. The molecule has 0 fully saturated rings. The van der Waals surface area contributed by atoms with E-state index in [-0.39, 0.29) is 23.6 Å². The number of nitrogens with zero attached hydrogens (tertiary/aromatic N) is 2. The molecule has 0 unspecified atom stereocenters. The molecule has 1 heterocycles. The van der Waals surface area contributed by atoms with Gasteiger partial charge in [0.05, 0.1) is 16.8 Å². The topological polar surface area (TPSA) is 127 Å². The lowest BCUT2D eigenvalue weighted by Gasteiger charge is -2.21. The van der Waals surface area contributed by atoms with E-state index in [4.69, 9.17) is 17.2 Å². The van der Waals surface area contributed by atoms with E-state index in [2.05, 4.69) is 10.2 Å². The predicted octanol–water partition coefficient (Wildman–Crippen LogP) is 3.77. The fraction of sp³-hybridized carbons (Fsp3) is 0.0476. The molecule has 7 nitrogen and oxygen atoms in total. The summed E-state index contributed by atoms with van der Waals surface area (Å²) in [4.78, 5) is 13.3. The number of hydrogen-bond donors (Lipinski definition) is 4. The van der Waals surface area contributed by atoms with Crippen LogP contribution in [0.2, 0.25) is 0 Å². The van der Waals surface area contributed by atoms with Gasteiger partial charge in [-0.25, -0.2) is 13.6 Å². The van der Waals surface area contributed by atoms with Gasteiger partial charge in [-0.15, -0.1) is 0 Å². The third kappa shape index (κ3) is 3.20. The van der Waals surface area contributed by atoms with Crippen molar-refractivity contribution >= 4 is 34.1 Å². The molecule has 3 aromatic carbocycles. The molecule has 152 valence electrons. The van der Waals surface area contributed by atoms with Crippen molar-refractivity contribution in [3.8, 4) is 11.1 Å². The smallest absolute Gasteiger partial charge is 0.323 e. The largest absolute Gasteiger partial charge is 0.382 e. The minimum absolute atomic E-state index is 0.0423. The maximum atomic E-state index is 14.2. The van der Waals surface area contributed by atoms with Crippen LogP contribution in [0.3, 0.4) is 0 Å². The Kier molecular flexibility index (Phi) is 4.80. The summed E-state index contributed by atoms with van der Waals surface area (Å²) in [5, 5.41) is 6.92. The van der Waals surface area contributed by atoms with Gasteiger partial charge in [-0.3, -0.25) is 10.00 Å². The molecule has 7 N–H and O–H groups in total. The highest BCUT2D eigenvalue weighted by molar-refractivity contribution is 6.02. The summed E-state index contributed by atoms with van der Waals surface area (Å²) in [6.45, 7) is 0.0423. The monoisotopic (exact) mass is 408 g/mol. The molecule has 0 saturated carbocycles. The fourth-order valence-electron chi connectivity index (χ4n) is 3.40. The van der Waals surface area contributed by atoms with E-state index >= 15 is 0 Å². The standard InChI is InChI=1S/C21H18F2N6O/c22-16-8-7-15(18-19(16)27-28-20(18)25)11-1-4-13(5-2-11)29(21(26)30)14-6-3-12(10-24)17(23)9-14/h1-9H,10,24H2,(H2,26,30)(H3,25,27,28). The first-order valence-corrected chi connectivity index (χ1v) is 9.01. The summed E-state index contributed by atoms with van der Waals surface area (Å²) in [6, 6.07) is 13.2.